The Labute approximate surface area is 114 Å². The molecule has 2 nitrogen and oxygen atoms in total. The van der Waals surface area contributed by atoms with Gasteiger partial charge in [-0.2, -0.15) is 17.0 Å². The topological polar surface area (TPSA) is 35.8 Å². The van der Waals surface area contributed by atoms with Crippen molar-refractivity contribution in [3.05, 3.63) is 29.8 Å². The predicted octanol–water partition coefficient (Wildman–Crippen LogP) is 3.80. The zero-order valence-corrected chi connectivity index (χ0v) is 11.9. The van der Waals surface area contributed by atoms with Crippen molar-refractivity contribution in [3.63, 3.8) is 0 Å². The molecule has 0 aromatic heterocycles. The third-order valence-corrected chi connectivity index (χ3v) is 4.53. The van der Waals surface area contributed by atoms with Crippen LogP contribution in [0, 0.1) is 11.3 Å². The van der Waals surface area contributed by atoms with Crippen LogP contribution in [-0.4, -0.2) is 17.5 Å². The van der Waals surface area contributed by atoms with E-state index in [1.807, 2.05) is 25.6 Å². The van der Waals surface area contributed by atoms with E-state index < -0.39 is 5.41 Å². The van der Waals surface area contributed by atoms with Gasteiger partial charge in [-0.15, -0.1) is 0 Å². The van der Waals surface area contributed by atoms with E-state index in [2.05, 4.69) is 35.7 Å². The zero-order valence-electron chi connectivity index (χ0n) is 11.1. The van der Waals surface area contributed by atoms with E-state index in [0.717, 1.165) is 5.56 Å². The van der Waals surface area contributed by atoms with Gasteiger partial charge in [-0.3, -0.25) is 0 Å². The monoisotopic (exact) mass is 260 g/mol. The number of nitriles is 1. The Morgan fingerprint density at radius 2 is 1.83 bits per heavy atom. The molecule has 0 aliphatic carbocycles. The number of thioether (sulfide) groups is 1. The Hall–Kier alpha value is -1.14. The molecule has 0 saturated carbocycles. The Morgan fingerprint density at radius 3 is 2.39 bits per heavy atom. The van der Waals surface area contributed by atoms with Crippen LogP contribution >= 0.6 is 11.8 Å². The molecule has 2 rings (SSSR count). The van der Waals surface area contributed by atoms with Gasteiger partial charge in [0.1, 0.15) is 0 Å². The number of nitrogens with one attached hydrogen (secondary N) is 1. The van der Waals surface area contributed by atoms with Crippen molar-refractivity contribution in [2.24, 2.45) is 0 Å². The number of nitrogens with zero attached hydrogens (tertiary/aromatic N) is 1. The summed E-state index contributed by atoms with van der Waals surface area (Å²) in [6, 6.07) is 11.3. The molecule has 18 heavy (non-hydrogen) atoms. The van der Waals surface area contributed by atoms with Gasteiger partial charge >= 0.3 is 0 Å². The standard InChI is InChI=1S/C15H20N2S/c1-15(2,11-16)12-3-5-13(6-4-12)17-14-7-9-18-10-8-14/h3-6,14,17H,7-10H2,1-2H3. The average molecular weight is 260 g/mol. The highest BCUT2D eigenvalue weighted by atomic mass is 32.2. The SMILES string of the molecule is CC(C)(C#N)c1ccc(NC2CCSCC2)cc1. The molecule has 1 N–H and O–H groups in total. The van der Waals surface area contributed by atoms with Gasteiger partial charge in [-0.25, -0.2) is 0 Å². The maximum absolute atomic E-state index is 9.11. The van der Waals surface area contributed by atoms with Crippen molar-refractivity contribution in [2.75, 3.05) is 16.8 Å². The minimum atomic E-state index is -0.403. The molecule has 1 heterocycles. The van der Waals surface area contributed by atoms with Gasteiger partial charge in [0.25, 0.3) is 0 Å². The molecule has 0 atom stereocenters. The Kier molecular flexibility index (Phi) is 4.19. The molecule has 96 valence electrons. The third kappa shape index (κ3) is 3.20. The molecule has 0 amide bonds. The lowest BCUT2D eigenvalue weighted by atomic mass is 9.86. The first kappa shape index (κ1) is 13.3. The minimum absolute atomic E-state index is 0.403. The molecule has 1 aromatic rings. The van der Waals surface area contributed by atoms with Crippen molar-refractivity contribution >= 4 is 17.4 Å². The summed E-state index contributed by atoms with van der Waals surface area (Å²) >= 11 is 2.04. The summed E-state index contributed by atoms with van der Waals surface area (Å²) in [6.07, 6.45) is 2.49. The minimum Gasteiger partial charge on any atom is -0.382 e. The summed E-state index contributed by atoms with van der Waals surface area (Å²) in [6.45, 7) is 3.90. The maximum Gasteiger partial charge on any atom is 0.0766 e. The van der Waals surface area contributed by atoms with Crippen LogP contribution in [0.1, 0.15) is 32.3 Å². The molecule has 0 spiro atoms. The first-order valence-electron chi connectivity index (χ1n) is 6.48. The van der Waals surface area contributed by atoms with E-state index in [4.69, 9.17) is 5.26 Å². The van der Waals surface area contributed by atoms with E-state index in [9.17, 15) is 0 Å². The second-order valence-corrected chi connectivity index (χ2v) is 6.57. The number of hydrogen-bond acceptors (Lipinski definition) is 3. The van der Waals surface area contributed by atoms with Crippen LogP contribution in [-0.2, 0) is 5.41 Å². The maximum atomic E-state index is 9.11. The van der Waals surface area contributed by atoms with Crippen molar-refractivity contribution in [1.82, 2.24) is 0 Å². The van der Waals surface area contributed by atoms with E-state index in [1.165, 1.54) is 30.0 Å². The normalized spacial score (nSPS) is 17.2. The number of rotatable bonds is 3. The average Bonchev–Trinajstić information content (AvgIpc) is 2.40. The van der Waals surface area contributed by atoms with Crippen LogP contribution in [0.2, 0.25) is 0 Å². The van der Waals surface area contributed by atoms with Crippen LogP contribution in [0.5, 0.6) is 0 Å². The van der Waals surface area contributed by atoms with Gasteiger partial charge in [0.15, 0.2) is 0 Å². The van der Waals surface area contributed by atoms with Gasteiger partial charge < -0.3 is 5.32 Å². The van der Waals surface area contributed by atoms with Gasteiger partial charge in [0, 0.05) is 11.7 Å². The Bertz CT molecular complexity index is 425. The molecule has 1 saturated heterocycles. The third-order valence-electron chi connectivity index (χ3n) is 3.48. The van der Waals surface area contributed by atoms with E-state index in [1.54, 1.807) is 0 Å². The molecule has 0 bridgehead atoms. The lowest BCUT2D eigenvalue weighted by Crippen LogP contribution is -2.24. The second-order valence-electron chi connectivity index (χ2n) is 5.35. The molecule has 0 unspecified atom stereocenters. The fourth-order valence-electron chi connectivity index (χ4n) is 2.13. The fourth-order valence-corrected chi connectivity index (χ4v) is 3.23. The summed E-state index contributed by atoms with van der Waals surface area (Å²) in [5, 5.41) is 12.7. The number of benzene rings is 1. The van der Waals surface area contributed by atoms with E-state index in [-0.39, 0.29) is 0 Å². The summed E-state index contributed by atoms with van der Waals surface area (Å²) in [7, 11) is 0. The zero-order chi connectivity index (χ0) is 13.0. The van der Waals surface area contributed by atoms with Crippen LogP contribution in [0.25, 0.3) is 0 Å². The second kappa shape index (κ2) is 5.67. The molecule has 1 aliphatic rings. The van der Waals surface area contributed by atoms with Crippen LogP contribution < -0.4 is 5.32 Å². The van der Waals surface area contributed by atoms with Crippen molar-refractivity contribution in [3.8, 4) is 6.07 Å². The molecular formula is C15H20N2S. The van der Waals surface area contributed by atoms with Crippen LogP contribution in [0.3, 0.4) is 0 Å². The largest absolute Gasteiger partial charge is 0.382 e. The first-order valence-corrected chi connectivity index (χ1v) is 7.63. The highest BCUT2D eigenvalue weighted by Crippen LogP contribution is 2.25. The molecular weight excluding hydrogens is 240 g/mol. The van der Waals surface area contributed by atoms with Crippen molar-refractivity contribution in [2.45, 2.75) is 38.1 Å². The summed E-state index contributed by atoms with van der Waals surface area (Å²) in [5.74, 6) is 2.52. The van der Waals surface area contributed by atoms with Crippen LogP contribution in [0.15, 0.2) is 24.3 Å². The molecule has 1 aromatic carbocycles. The summed E-state index contributed by atoms with van der Waals surface area (Å²) in [5.41, 5.74) is 1.85. The highest BCUT2D eigenvalue weighted by Gasteiger charge is 2.19. The van der Waals surface area contributed by atoms with E-state index >= 15 is 0 Å². The Morgan fingerprint density at radius 1 is 1.22 bits per heavy atom. The number of hydrogen-bond donors (Lipinski definition) is 1. The Balaban J connectivity index is 2.01. The van der Waals surface area contributed by atoms with Gasteiger partial charge in [-0.05, 0) is 55.9 Å². The highest BCUT2D eigenvalue weighted by molar-refractivity contribution is 7.99. The molecule has 3 heteroatoms. The molecule has 1 aliphatic heterocycles. The first-order chi connectivity index (χ1) is 8.62. The summed E-state index contributed by atoms with van der Waals surface area (Å²) < 4.78 is 0. The molecule has 1 fully saturated rings. The van der Waals surface area contributed by atoms with Crippen molar-refractivity contribution in [1.29, 1.82) is 5.26 Å². The predicted molar refractivity (Wildman–Crippen MR) is 79.1 cm³/mol. The van der Waals surface area contributed by atoms with Crippen LogP contribution in [0.4, 0.5) is 5.69 Å². The van der Waals surface area contributed by atoms with Gasteiger partial charge in [0.2, 0.25) is 0 Å². The van der Waals surface area contributed by atoms with Gasteiger partial charge in [0.05, 0.1) is 11.5 Å². The lowest BCUT2D eigenvalue weighted by Gasteiger charge is -2.24. The summed E-state index contributed by atoms with van der Waals surface area (Å²) in [4.78, 5) is 0. The molecule has 0 radical (unpaired) electrons. The quantitative estimate of drug-likeness (QED) is 0.898. The fraction of sp³-hybridized carbons (Fsp3) is 0.533. The van der Waals surface area contributed by atoms with Gasteiger partial charge in [-0.1, -0.05) is 12.1 Å². The smallest absolute Gasteiger partial charge is 0.0766 e. The lowest BCUT2D eigenvalue weighted by molar-refractivity contribution is 0.665. The number of anilines is 1. The van der Waals surface area contributed by atoms with E-state index in [0.29, 0.717) is 6.04 Å². The van der Waals surface area contributed by atoms with Crippen molar-refractivity contribution < 1.29 is 0 Å².